The van der Waals surface area contributed by atoms with E-state index in [9.17, 15) is 0 Å². The van der Waals surface area contributed by atoms with Gasteiger partial charge in [-0.25, -0.2) is 14.6 Å². The van der Waals surface area contributed by atoms with Crippen molar-refractivity contribution in [1.82, 2.24) is 19.7 Å². The monoisotopic (exact) mass is 523 g/mol. The number of nitrogens with two attached hydrogens (primary N) is 1. The Kier molecular flexibility index (Phi) is 10.9. The quantitative estimate of drug-likeness (QED) is 0.290. The Morgan fingerprint density at radius 1 is 0.974 bits per heavy atom. The molecule has 38 heavy (non-hydrogen) atoms. The summed E-state index contributed by atoms with van der Waals surface area (Å²) in [4.78, 5) is 11.4. The molecule has 1 fully saturated rings. The van der Waals surface area contributed by atoms with Crippen LogP contribution in [-0.2, 0) is 20.8 Å². The molecule has 4 rings (SSSR count). The molecule has 0 amide bonds. The highest BCUT2D eigenvalue weighted by atomic mass is 16.5. The van der Waals surface area contributed by atoms with Gasteiger partial charge in [-0.05, 0) is 37.3 Å². The number of nitrogens with one attached hydrogen (secondary N) is 1. The minimum absolute atomic E-state index is 0.274. The molecule has 1 saturated carbocycles. The number of ether oxygens (including phenoxy) is 3. The lowest BCUT2D eigenvalue weighted by molar-refractivity contribution is -0.0222. The first-order valence-electron chi connectivity index (χ1n) is 13.5. The topological polar surface area (TPSA) is 113 Å². The van der Waals surface area contributed by atoms with Gasteiger partial charge in [-0.15, -0.1) is 0 Å². The Morgan fingerprint density at radius 3 is 2.45 bits per heavy atom. The molecule has 0 bridgehead atoms. The van der Waals surface area contributed by atoms with E-state index in [0.29, 0.717) is 58.1 Å². The van der Waals surface area contributed by atoms with E-state index in [1.54, 1.807) is 0 Å². The fourth-order valence-electron chi connectivity index (χ4n) is 4.72. The van der Waals surface area contributed by atoms with Crippen LogP contribution in [0.1, 0.15) is 31.2 Å². The molecular formula is C28H41N7O3. The maximum atomic E-state index is 6.01. The second kappa shape index (κ2) is 14.8. The van der Waals surface area contributed by atoms with E-state index in [-0.39, 0.29) is 6.10 Å². The van der Waals surface area contributed by atoms with Crippen molar-refractivity contribution in [3.8, 4) is 11.3 Å². The van der Waals surface area contributed by atoms with E-state index in [0.717, 1.165) is 42.8 Å². The molecule has 0 atom stereocenters. The summed E-state index contributed by atoms with van der Waals surface area (Å²) in [6, 6.07) is 12.6. The van der Waals surface area contributed by atoms with Gasteiger partial charge in [0, 0.05) is 32.9 Å². The first kappa shape index (κ1) is 28.0. The second-order valence-corrected chi connectivity index (χ2v) is 9.69. The minimum atomic E-state index is 0.274. The first-order chi connectivity index (χ1) is 18.6. The number of anilines is 2. The van der Waals surface area contributed by atoms with Crippen LogP contribution >= 0.6 is 0 Å². The summed E-state index contributed by atoms with van der Waals surface area (Å²) in [6.07, 6.45) is 8.03. The zero-order valence-corrected chi connectivity index (χ0v) is 22.6. The van der Waals surface area contributed by atoms with E-state index in [2.05, 4.69) is 44.6 Å². The van der Waals surface area contributed by atoms with Gasteiger partial charge in [0.05, 0.1) is 63.1 Å². The molecule has 2 aromatic heterocycles. The van der Waals surface area contributed by atoms with Crippen molar-refractivity contribution in [1.29, 1.82) is 0 Å². The fraction of sp³-hybridized carbons (Fsp3) is 0.536. The summed E-state index contributed by atoms with van der Waals surface area (Å²) >= 11 is 0. The number of hydrogen-bond acceptors (Lipinski definition) is 9. The Morgan fingerprint density at radius 2 is 1.71 bits per heavy atom. The highest BCUT2D eigenvalue weighted by Gasteiger charge is 2.23. The third kappa shape index (κ3) is 8.22. The summed E-state index contributed by atoms with van der Waals surface area (Å²) in [7, 11) is 4.07. The smallest absolute Gasteiger partial charge is 0.223 e. The normalized spacial score (nSPS) is 17.4. The summed E-state index contributed by atoms with van der Waals surface area (Å²) in [6.45, 7) is 4.15. The molecular weight excluding hydrogens is 482 g/mol. The zero-order valence-electron chi connectivity index (χ0n) is 22.6. The molecule has 0 spiro atoms. The highest BCUT2D eigenvalue weighted by molar-refractivity contribution is 5.73. The zero-order chi connectivity index (χ0) is 26.6. The summed E-state index contributed by atoms with van der Waals surface area (Å²) in [5.74, 6) is 1.67. The summed E-state index contributed by atoms with van der Waals surface area (Å²) in [5, 5.41) is 8.22. The van der Waals surface area contributed by atoms with Crippen molar-refractivity contribution in [2.24, 2.45) is 5.73 Å². The number of rotatable bonds is 15. The van der Waals surface area contributed by atoms with Gasteiger partial charge >= 0.3 is 0 Å². The van der Waals surface area contributed by atoms with E-state index < -0.39 is 0 Å². The molecule has 10 nitrogen and oxygen atoms in total. The summed E-state index contributed by atoms with van der Waals surface area (Å²) < 4.78 is 18.9. The molecule has 2 heterocycles. The van der Waals surface area contributed by atoms with Gasteiger partial charge in [-0.3, -0.25) is 0 Å². The van der Waals surface area contributed by atoms with Gasteiger partial charge in [0.2, 0.25) is 5.95 Å². The summed E-state index contributed by atoms with van der Waals surface area (Å²) in [5.41, 5.74) is 8.44. The van der Waals surface area contributed by atoms with Crippen molar-refractivity contribution in [2.45, 2.75) is 44.4 Å². The molecule has 0 aliphatic heterocycles. The molecule has 1 aromatic carbocycles. The van der Waals surface area contributed by atoms with Crippen LogP contribution in [0.25, 0.3) is 11.3 Å². The first-order valence-corrected chi connectivity index (χ1v) is 13.5. The Balaban J connectivity index is 1.27. The van der Waals surface area contributed by atoms with Crippen LogP contribution in [0.4, 0.5) is 11.8 Å². The van der Waals surface area contributed by atoms with Gasteiger partial charge in [0.15, 0.2) is 0 Å². The minimum Gasteiger partial charge on any atom is -0.378 e. The molecule has 206 valence electrons. The standard InChI is InChI=1S/C28H41N7O3/c1-34(2)27-25(20-31-35(27)21-22-6-4-3-5-7-22)26-12-14-30-28(33-26)32-23-8-10-24(11-9-23)38-19-18-37-17-16-36-15-13-29/h3-7,12,14,20,23-24H,8-11,13,15-19,21,29H2,1-2H3,(H,30,32,33). The van der Waals surface area contributed by atoms with Crippen LogP contribution in [0.5, 0.6) is 0 Å². The van der Waals surface area contributed by atoms with Gasteiger partial charge in [-0.1, -0.05) is 30.3 Å². The SMILES string of the molecule is CN(C)c1c(-c2ccnc(NC3CCC(OCCOCCOCCN)CC3)n2)cnn1Cc1ccccc1. The maximum Gasteiger partial charge on any atom is 0.223 e. The van der Waals surface area contributed by atoms with E-state index in [1.807, 2.05) is 43.3 Å². The van der Waals surface area contributed by atoms with Gasteiger partial charge < -0.3 is 30.2 Å². The molecule has 0 unspecified atom stereocenters. The largest absolute Gasteiger partial charge is 0.378 e. The van der Waals surface area contributed by atoms with Gasteiger partial charge in [0.25, 0.3) is 0 Å². The number of benzene rings is 1. The Labute approximate surface area is 225 Å². The van der Waals surface area contributed by atoms with E-state index >= 15 is 0 Å². The highest BCUT2D eigenvalue weighted by Crippen LogP contribution is 2.30. The van der Waals surface area contributed by atoms with Crippen molar-refractivity contribution in [3.05, 3.63) is 54.4 Å². The molecule has 0 saturated heterocycles. The van der Waals surface area contributed by atoms with Crippen molar-refractivity contribution in [3.63, 3.8) is 0 Å². The molecule has 10 heteroatoms. The van der Waals surface area contributed by atoms with Crippen LogP contribution in [0, 0.1) is 0 Å². The predicted molar refractivity (Wildman–Crippen MR) is 149 cm³/mol. The lowest BCUT2D eigenvalue weighted by Gasteiger charge is -2.29. The van der Waals surface area contributed by atoms with Gasteiger partial charge in [0.1, 0.15) is 5.82 Å². The molecule has 3 N–H and O–H groups in total. The third-order valence-electron chi connectivity index (χ3n) is 6.56. The van der Waals surface area contributed by atoms with Crippen LogP contribution in [0.3, 0.4) is 0 Å². The average Bonchev–Trinajstić information content (AvgIpc) is 3.36. The predicted octanol–water partition coefficient (Wildman–Crippen LogP) is 3.19. The van der Waals surface area contributed by atoms with Crippen molar-refractivity contribution < 1.29 is 14.2 Å². The van der Waals surface area contributed by atoms with Crippen molar-refractivity contribution >= 4 is 11.8 Å². The maximum absolute atomic E-state index is 6.01. The second-order valence-electron chi connectivity index (χ2n) is 9.69. The van der Waals surface area contributed by atoms with Crippen molar-refractivity contribution in [2.75, 3.05) is 63.9 Å². The molecule has 1 aliphatic rings. The van der Waals surface area contributed by atoms with E-state index in [4.69, 9.17) is 24.9 Å². The molecule has 0 radical (unpaired) electrons. The number of aromatic nitrogens is 4. The molecule has 1 aliphatic carbocycles. The van der Waals surface area contributed by atoms with Crippen LogP contribution in [0.2, 0.25) is 0 Å². The number of nitrogens with zero attached hydrogens (tertiary/aromatic N) is 5. The third-order valence-corrected chi connectivity index (χ3v) is 6.56. The fourth-order valence-corrected chi connectivity index (χ4v) is 4.72. The van der Waals surface area contributed by atoms with Crippen LogP contribution in [-0.4, -0.2) is 85.6 Å². The van der Waals surface area contributed by atoms with E-state index in [1.165, 1.54) is 5.56 Å². The Bertz CT molecular complexity index is 1090. The van der Waals surface area contributed by atoms with Crippen LogP contribution in [0.15, 0.2) is 48.8 Å². The number of hydrogen-bond donors (Lipinski definition) is 2. The van der Waals surface area contributed by atoms with Crippen LogP contribution < -0.4 is 16.0 Å². The average molecular weight is 524 g/mol. The Hall–Kier alpha value is -3.05. The lowest BCUT2D eigenvalue weighted by atomic mass is 9.93. The molecule has 3 aromatic rings. The lowest BCUT2D eigenvalue weighted by Crippen LogP contribution is -2.31. The van der Waals surface area contributed by atoms with Gasteiger partial charge in [-0.2, -0.15) is 5.10 Å².